The first kappa shape index (κ1) is 17.8. The Morgan fingerprint density at radius 3 is 2.78 bits per heavy atom. The van der Waals surface area contributed by atoms with Crippen molar-refractivity contribution in [2.75, 3.05) is 13.1 Å². The molecule has 1 fully saturated rings. The molecule has 0 unspecified atom stereocenters. The molecule has 1 atom stereocenters. The largest absolute Gasteiger partial charge is 0.491 e. The van der Waals surface area contributed by atoms with Crippen LogP contribution in [-0.4, -0.2) is 38.7 Å². The predicted molar refractivity (Wildman–Crippen MR) is 105 cm³/mol. The van der Waals surface area contributed by atoms with Gasteiger partial charge in [-0.15, -0.1) is 0 Å². The van der Waals surface area contributed by atoms with Crippen molar-refractivity contribution < 1.29 is 4.74 Å². The van der Waals surface area contributed by atoms with Crippen LogP contribution in [-0.2, 0) is 6.54 Å². The third-order valence-electron chi connectivity index (χ3n) is 5.01. The molecule has 27 heavy (non-hydrogen) atoms. The van der Waals surface area contributed by atoms with Gasteiger partial charge in [0, 0.05) is 42.5 Å². The summed E-state index contributed by atoms with van der Waals surface area (Å²) >= 11 is 0. The fourth-order valence-corrected chi connectivity index (χ4v) is 3.77. The first-order chi connectivity index (χ1) is 13.0. The van der Waals surface area contributed by atoms with Crippen molar-refractivity contribution in [2.45, 2.75) is 45.8 Å². The van der Waals surface area contributed by atoms with E-state index in [2.05, 4.69) is 27.1 Å². The molecule has 1 aliphatic heterocycles. The van der Waals surface area contributed by atoms with Crippen molar-refractivity contribution in [3.8, 4) is 5.75 Å². The van der Waals surface area contributed by atoms with Crippen molar-refractivity contribution in [3.05, 3.63) is 63.7 Å². The van der Waals surface area contributed by atoms with Crippen LogP contribution in [0.15, 0.2) is 41.2 Å². The van der Waals surface area contributed by atoms with Crippen molar-refractivity contribution in [3.63, 3.8) is 0 Å². The second-order valence-corrected chi connectivity index (χ2v) is 7.67. The van der Waals surface area contributed by atoms with Crippen LogP contribution in [0.4, 0.5) is 0 Å². The number of hydrogen-bond donors (Lipinski definition) is 1. The van der Waals surface area contributed by atoms with Crippen LogP contribution in [0.2, 0.25) is 0 Å². The lowest BCUT2D eigenvalue weighted by molar-refractivity contribution is 0.242. The Morgan fingerprint density at radius 2 is 2.04 bits per heavy atom. The molecule has 3 aromatic rings. The summed E-state index contributed by atoms with van der Waals surface area (Å²) in [5.74, 6) is 1.31. The molecule has 0 amide bonds. The average molecular weight is 366 g/mol. The number of hydrogen-bond acceptors (Lipinski definition) is 4. The molecule has 0 radical (unpaired) electrons. The Balaban J connectivity index is 1.43. The lowest BCUT2D eigenvalue weighted by Crippen LogP contribution is -2.20. The van der Waals surface area contributed by atoms with E-state index >= 15 is 0 Å². The number of aryl methyl sites for hydroxylation is 1. The number of nitrogens with one attached hydrogen (secondary N) is 1. The zero-order valence-electron chi connectivity index (χ0n) is 16.1. The highest BCUT2D eigenvalue weighted by Crippen LogP contribution is 2.28. The number of rotatable bonds is 5. The minimum Gasteiger partial charge on any atom is -0.491 e. The Morgan fingerprint density at radius 1 is 1.26 bits per heavy atom. The fourth-order valence-electron chi connectivity index (χ4n) is 3.77. The molecule has 0 spiro atoms. The number of aromatic nitrogens is 3. The topological polar surface area (TPSA) is 62.6 Å². The summed E-state index contributed by atoms with van der Waals surface area (Å²) in [7, 11) is 0. The standard InChI is InChI=1S/C21H26N4O2/c1-14(2)27-18-6-4-16(5-7-18)12-24-9-8-17(13-24)19-11-20-22-15(3)10-21(26)25(20)23-19/h4-7,10-11,14,17,23H,8-9,12-13H2,1-3H3/t17-/m1/s1. The summed E-state index contributed by atoms with van der Waals surface area (Å²) in [6.45, 7) is 8.87. The maximum Gasteiger partial charge on any atom is 0.272 e. The van der Waals surface area contributed by atoms with Gasteiger partial charge in [-0.2, -0.15) is 0 Å². The maximum absolute atomic E-state index is 12.1. The van der Waals surface area contributed by atoms with Gasteiger partial charge in [-0.25, -0.2) is 9.50 Å². The van der Waals surface area contributed by atoms with Crippen LogP contribution < -0.4 is 10.3 Å². The van der Waals surface area contributed by atoms with Gasteiger partial charge in [0.2, 0.25) is 0 Å². The zero-order valence-corrected chi connectivity index (χ0v) is 16.1. The van der Waals surface area contributed by atoms with E-state index in [1.807, 2.05) is 39.0 Å². The Bertz CT molecular complexity index is 988. The normalized spacial score (nSPS) is 17.9. The van der Waals surface area contributed by atoms with Crippen LogP contribution in [0.5, 0.6) is 5.75 Å². The molecular weight excluding hydrogens is 340 g/mol. The minimum absolute atomic E-state index is 0.0534. The fraction of sp³-hybridized carbons (Fsp3) is 0.429. The van der Waals surface area contributed by atoms with Crippen molar-refractivity contribution in [1.29, 1.82) is 0 Å². The number of nitrogens with zero attached hydrogens (tertiary/aromatic N) is 3. The van der Waals surface area contributed by atoms with E-state index in [9.17, 15) is 4.79 Å². The molecule has 1 N–H and O–H groups in total. The predicted octanol–water partition coefficient (Wildman–Crippen LogP) is 3.11. The van der Waals surface area contributed by atoms with Gasteiger partial charge in [0.15, 0.2) is 5.65 Å². The van der Waals surface area contributed by atoms with E-state index < -0.39 is 0 Å². The van der Waals surface area contributed by atoms with Crippen LogP contribution in [0, 0.1) is 6.92 Å². The van der Waals surface area contributed by atoms with E-state index in [0.717, 1.165) is 43.2 Å². The highest BCUT2D eigenvalue weighted by atomic mass is 16.5. The average Bonchev–Trinajstić information content (AvgIpc) is 3.23. The molecule has 4 rings (SSSR count). The molecule has 142 valence electrons. The van der Waals surface area contributed by atoms with Crippen molar-refractivity contribution in [2.24, 2.45) is 0 Å². The highest BCUT2D eigenvalue weighted by Gasteiger charge is 2.25. The molecular formula is C21H26N4O2. The van der Waals surface area contributed by atoms with Crippen LogP contribution in [0.25, 0.3) is 5.65 Å². The highest BCUT2D eigenvalue weighted by molar-refractivity contribution is 5.41. The lowest BCUT2D eigenvalue weighted by atomic mass is 10.1. The van der Waals surface area contributed by atoms with Crippen molar-refractivity contribution >= 4 is 5.65 Å². The Labute approximate surface area is 158 Å². The van der Waals surface area contributed by atoms with Crippen molar-refractivity contribution in [1.82, 2.24) is 19.5 Å². The van der Waals surface area contributed by atoms with E-state index in [4.69, 9.17) is 4.74 Å². The van der Waals surface area contributed by atoms with Gasteiger partial charge in [-0.1, -0.05) is 12.1 Å². The summed E-state index contributed by atoms with van der Waals surface area (Å²) in [4.78, 5) is 19.0. The molecule has 2 aromatic heterocycles. The van der Waals surface area contributed by atoms with E-state index in [0.29, 0.717) is 11.6 Å². The molecule has 3 heterocycles. The first-order valence-electron chi connectivity index (χ1n) is 9.55. The summed E-state index contributed by atoms with van der Waals surface area (Å²) in [5.41, 5.74) is 3.78. The monoisotopic (exact) mass is 366 g/mol. The summed E-state index contributed by atoms with van der Waals surface area (Å²) in [6, 6.07) is 11.9. The van der Waals surface area contributed by atoms with E-state index in [1.54, 1.807) is 10.6 Å². The quantitative estimate of drug-likeness (QED) is 0.754. The molecule has 0 aliphatic carbocycles. The Kier molecular flexibility index (Phi) is 4.74. The second-order valence-electron chi connectivity index (χ2n) is 7.67. The second kappa shape index (κ2) is 7.19. The number of fused-ring (bicyclic) bond motifs is 1. The number of H-pyrrole nitrogens is 1. The van der Waals surface area contributed by atoms with Gasteiger partial charge in [-0.05, 0) is 51.4 Å². The summed E-state index contributed by atoms with van der Waals surface area (Å²) < 4.78 is 7.25. The molecule has 1 aliphatic rings. The van der Waals surface area contributed by atoms with E-state index in [-0.39, 0.29) is 11.7 Å². The SMILES string of the molecule is Cc1cc(=O)n2[nH]c([C@@H]3CCN(Cc4ccc(OC(C)C)cc4)C3)cc2n1. The van der Waals surface area contributed by atoms with Gasteiger partial charge in [0.05, 0.1) is 6.10 Å². The van der Waals surface area contributed by atoms with Gasteiger partial charge in [-0.3, -0.25) is 14.8 Å². The number of aromatic amines is 1. The molecule has 6 nitrogen and oxygen atoms in total. The van der Waals surface area contributed by atoms with Gasteiger partial charge >= 0.3 is 0 Å². The first-order valence-corrected chi connectivity index (χ1v) is 9.55. The van der Waals surface area contributed by atoms with Crippen LogP contribution in [0.3, 0.4) is 0 Å². The van der Waals surface area contributed by atoms with Gasteiger partial charge in [0.25, 0.3) is 5.56 Å². The van der Waals surface area contributed by atoms with Crippen LogP contribution >= 0.6 is 0 Å². The molecule has 0 saturated carbocycles. The molecule has 6 heteroatoms. The molecule has 1 aromatic carbocycles. The number of benzene rings is 1. The molecule has 0 bridgehead atoms. The minimum atomic E-state index is -0.0534. The maximum atomic E-state index is 12.1. The zero-order chi connectivity index (χ0) is 19.0. The third-order valence-corrected chi connectivity index (χ3v) is 5.01. The number of likely N-dealkylation sites (tertiary alicyclic amines) is 1. The lowest BCUT2D eigenvalue weighted by Gasteiger charge is -2.16. The summed E-state index contributed by atoms with van der Waals surface area (Å²) in [5, 5.41) is 3.24. The Hall–Kier alpha value is -2.60. The number of ether oxygens (including phenoxy) is 1. The summed E-state index contributed by atoms with van der Waals surface area (Å²) in [6.07, 6.45) is 1.27. The van der Waals surface area contributed by atoms with E-state index in [1.165, 1.54) is 5.56 Å². The van der Waals surface area contributed by atoms with Gasteiger partial charge < -0.3 is 4.74 Å². The van der Waals surface area contributed by atoms with Gasteiger partial charge in [0.1, 0.15) is 5.75 Å². The smallest absolute Gasteiger partial charge is 0.272 e. The van der Waals surface area contributed by atoms with Crippen LogP contribution in [0.1, 0.15) is 43.1 Å². The third kappa shape index (κ3) is 3.90. The molecule has 1 saturated heterocycles.